The SMILES string of the molecule is CCc1nc(-c2ccc(N3CCN(C(=O)CNC(=O)c4ccccc4)CC3)cc2)no1. The highest BCUT2D eigenvalue weighted by atomic mass is 16.5. The van der Waals surface area contributed by atoms with Crippen LogP contribution < -0.4 is 10.2 Å². The molecule has 1 fully saturated rings. The molecule has 1 aliphatic rings. The summed E-state index contributed by atoms with van der Waals surface area (Å²) >= 11 is 0. The van der Waals surface area contributed by atoms with Crippen LogP contribution in [-0.4, -0.2) is 59.6 Å². The molecule has 1 aromatic heterocycles. The average molecular weight is 419 g/mol. The Hall–Kier alpha value is -3.68. The van der Waals surface area contributed by atoms with Gasteiger partial charge in [0.2, 0.25) is 17.6 Å². The number of nitrogens with zero attached hydrogens (tertiary/aromatic N) is 4. The summed E-state index contributed by atoms with van der Waals surface area (Å²) in [7, 11) is 0. The number of carbonyl (C=O) groups is 2. The maximum absolute atomic E-state index is 12.5. The van der Waals surface area contributed by atoms with E-state index in [0.29, 0.717) is 36.8 Å². The largest absolute Gasteiger partial charge is 0.368 e. The van der Waals surface area contributed by atoms with Gasteiger partial charge in [0.25, 0.3) is 5.91 Å². The number of carbonyl (C=O) groups excluding carboxylic acids is 2. The lowest BCUT2D eigenvalue weighted by Gasteiger charge is -2.36. The monoisotopic (exact) mass is 419 g/mol. The smallest absolute Gasteiger partial charge is 0.251 e. The summed E-state index contributed by atoms with van der Waals surface area (Å²) in [6.07, 6.45) is 0.712. The Morgan fingerprint density at radius 3 is 2.35 bits per heavy atom. The molecule has 160 valence electrons. The van der Waals surface area contributed by atoms with Crippen molar-refractivity contribution in [1.29, 1.82) is 0 Å². The Morgan fingerprint density at radius 1 is 1.00 bits per heavy atom. The van der Waals surface area contributed by atoms with Crippen molar-refractivity contribution in [3.8, 4) is 11.4 Å². The van der Waals surface area contributed by atoms with Gasteiger partial charge in [-0.3, -0.25) is 9.59 Å². The van der Waals surface area contributed by atoms with E-state index in [9.17, 15) is 9.59 Å². The Morgan fingerprint density at radius 2 is 1.71 bits per heavy atom. The number of hydrogen-bond donors (Lipinski definition) is 1. The average Bonchev–Trinajstić information content (AvgIpc) is 3.32. The normalized spacial score (nSPS) is 13.8. The number of anilines is 1. The standard InChI is InChI=1S/C23H25N5O3/c1-2-20-25-22(26-31-20)17-8-10-19(11-9-17)27-12-14-28(15-13-27)21(29)16-24-23(30)18-6-4-3-5-7-18/h3-11H,2,12-16H2,1H3,(H,24,30). The summed E-state index contributed by atoms with van der Waals surface area (Å²) in [5.41, 5.74) is 2.55. The fourth-order valence-corrected chi connectivity index (χ4v) is 3.51. The van der Waals surface area contributed by atoms with Gasteiger partial charge in [0.1, 0.15) is 0 Å². The molecule has 1 N–H and O–H groups in total. The fourth-order valence-electron chi connectivity index (χ4n) is 3.51. The fraction of sp³-hybridized carbons (Fsp3) is 0.304. The number of nitrogens with one attached hydrogen (secondary N) is 1. The number of rotatable bonds is 6. The third kappa shape index (κ3) is 4.91. The number of aryl methyl sites for hydroxylation is 1. The first-order valence-electron chi connectivity index (χ1n) is 10.4. The Balaban J connectivity index is 1.27. The number of piperazine rings is 1. The Labute approximate surface area is 180 Å². The van der Waals surface area contributed by atoms with E-state index in [1.165, 1.54) is 0 Å². The van der Waals surface area contributed by atoms with Gasteiger partial charge in [0.05, 0.1) is 6.54 Å². The first-order chi connectivity index (χ1) is 15.1. The molecule has 4 rings (SSSR count). The van der Waals surface area contributed by atoms with Crippen LogP contribution >= 0.6 is 0 Å². The lowest BCUT2D eigenvalue weighted by atomic mass is 10.1. The summed E-state index contributed by atoms with van der Waals surface area (Å²) in [5.74, 6) is 0.916. The van der Waals surface area contributed by atoms with Gasteiger partial charge in [-0.05, 0) is 36.4 Å². The topological polar surface area (TPSA) is 91.6 Å². The first-order valence-corrected chi connectivity index (χ1v) is 10.4. The quantitative estimate of drug-likeness (QED) is 0.660. The molecule has 1 saturated heterocycles. The molecule has 0 aliphatic carbocycles. The molecular formula is C23H25N5O3. The molecule has 8 nitrogen and oxygen atoms in total. The molecule has 2 amide bonds. The van der Waals surface area contributed by atoms with Crippen molar-refractivity contribution in [2.75, 3.05) is 37.6 Å². The summed E-state index contributed by atoms with van der Waals surface area (Å²) < 4.78 is 5.17. The van der Waals surface area contributed by atoms with Crippen molar-refractivity contribution in [2.24, 2.45) is 0 Å². The summed E-state index contributed by atoms with van der Waals surface area (Å²) in [6, 6.07) is 16.9. The maximum Gasteiger partial charge on any atom is 0.251 e. The molecule has 0 atom stereocenters. The van der Waals surface area contributed by atoms with Crippen LogP contribution in [0.3, 0.4) is 0 Å². The van der Waals surface area contributed by atoms with E-state index in [1.54, 1.807) is 29.2 Å². The summed E-state index contributed by atoms with van der Waals surface area (Å²) in [6.45, 7) is 4.69. The second-order valence-corrected chi connectivity index (χ2v) is 7.33. The number of aromatic nitrogens is 2. The van der Waals surface area contributed by atoms with Crippen molar-refractivity contribution < 1.29 is 14.1 Å². The molecule has 1 aliphatic heterocycles. The van der Waals surface area contributed by atoms with Gasteiger partial charge in [-0.2, -0.15) is 4.98 Å². The molecule has 0 spiro atoms. The maximum atomic E-state index is 12.5. The van der Waals surface area contributed by atoms with E-state index < -0.39 is 0 Å². The zero-order chi connectivity index (χ0) is 21.6. The highest BCUT2D eigenvalue weighted by Gasteiger charge is 2.22. The number of hydrogen-bond acceptors (Lipinski definition) is 6. The van der Waals surface area contributed by atoms with Crippen LogP contribution in [0.2, 0.25) is 0 Å². The van der Waals surface area contributed by atoms with E-state index in [1.807, 2.05) is 37.3 Å². The van der Waals surface area contributed by atoms with Gasteiger partial charge < -0.3 is 19.6 Å². The second-order valence-electron chi connectivity index (χ2n) is 7.33. The van der Waals surface area contributed by atoms with Gasteiger partial charge >= 0.3 is 0 Å². The van der Waals surface area contributed by atoms with Crippen molar-refractivity contribution in [2.45, 2.75) is 13.3 Å². The second kappa shape index (κ2) is 9.42. The van der Waals surface area contributed by atoms with Gasteiger partial charge in [0.15, 0.2) is 0 Å². The molecule has 31 heavy (non-hydrogen) atoms. The van der Waals surface area contributed by atoms with E-state index in [4.69, 9.17) is 4.52 Å². The van der Waals surface area contributed by atoms with E-state index in [2.05, 4.69) is 20.4 Å². The molecule has 0 radical (unpaired) electrons. The predicted octanol–water partition coefficient (Wildman–Crippen LogP) is 2.38. The first kappa shape index (κ1) is 20.6. The third-order valence-electron chi connectivity index (χ3n) is 5.33. The Kier molecular flexibility index (Phi) is 6.26. The molecule has 2 aromatic carbocycles. The molecule has 3 aromatic rings. The van der Waals surface area contributed by atoms with Crippen molar-refractivity contribution in [3.05, 3.63) is 66.1 Å². The van der Waals surface area contributed by atoms with Crippen LogP contribution in [0, 0.1) is 0 Å². The van der Waals surface area contributed by atoms with Gasteiger partial charge in [-0.15, -0.1) is 0 Å². The molecule has 8 heteroatoms. The molecule has 0 unspecified atom stereocenters. The summed E-state index contributed by atoms with van der Waals surface area (Å²) in [5, 5.41) is 6.71. The minimum Gasteiger partial charge on any atom is -0.368 e. The van der Waals surface area contributed by atoms with Crippen LogP contribution in [-0.2, 0) is 11.2 Å². The lowest BCUT2D eigenvalue weighted by Crippen LogP contribution is -2.51. The van der Waals surface area contributed by atoms with Gasteiger partial charge in [-0.1, -0.05) is 30.3 Å². The van der Waals surface area contributed by atoms with Crippen LogP contribution in [0.15, 0.2) is 59.1 Å². The highest BCUT2D eigenvalue weighted by molar-refractivity contribution is 5.96. The molecule has 2 heterocycles. The van der Waals surface area contributed by atoms with E-state index in [-0.39, 0.29) is 18.4 Å². The van der Waals surface area contributed by atoms with Crippen LogP contribution in [0.1, 0.15) is 23.2 Å². The molecular weight excluding hydrogens is 394 g/mol. The molecule has 0 saturated carbocycles. The van der Waals surface area contributed by atoms with Gasteiger partial charge in [0, 0.05) is 49.4 Å². The minimum absolute atomic E-state index is 0.00682. The summed E-state index contributed by atoms with van der Waals surface area (Å²) in [4.78, 5) is 33.0. The van der Waals surface area contributed by atoms with Gasteiger partial charge in [-0.25, -0.2) is 0 Å². The van der Waals surface area contributed by atoms with Crippen molar-refractivity contribution in [1.82, 2.24) is 20.4 Å². The van der Waals surface area contributed by atoms with E-state index in [0.717, 1.165) is 24.3 Å². The van der Waals surface area contributed by atoms with Crippen LogP contribution in [0.4, 0.5) is 5.69 Å². The van der Waals surface area contributed by atoms with Crippen LogP contribution in [0.5, 0.6) is 0 Å². The van der Waals surface area contributed by atoms with Crippen molar-refractivity contribution in [3.63, 3.8) is 0 Å². The Bertz CT molecular complexity index is 1020. The number of benzene rings is 2. The zero-order valence-electron chi connectivity index (χ0n) is 17.5. The predicted molar refractivity (Wildman–Crippen MR) is 117 cm³/mol. The number of amides is 2. The van der Waals surface area contributed by atoms with Crippen molar-refractivity contribution >= 4 is 17.5 Å². The lowest BCUT2D eigenvalue weighted by molar-refractivity contribution is -0.130. The zero-order valence-corrected chi connectivity index (χ0v) is 17.5. The third-order valence-corrected chi connectivity index (χ3v) is 5.33. The minimum atomic E-state index is -0.236. The molecule has 0 bridgehead atoms. The highest BCUT2D eigenvalue weighted by Crippen LogP contribution is 2.22. The van der Waals surface area contributed by atoms with E-state index >= 15 is 0 Å². The van der Waals surface area contributed by atoms with Crippen LogP contribution in [0.25, 0.3) is 11.4 Å².